The molecular weight excluding hydrogens is 294 g/mol. The topological polar surface area (TPSA) is 66.7 Å². The van der Waals surface area contributed by atoms with E-state index in [1.54, 1.807) is 12.1 Å². The number of hydrogen-bond acceptors (Lipinski definition) is 5. The molecule has 3 rings (SSSR count). The fourth-order valence-corrected chi connectivity index (χ4v) is 3.73. The van der Waals surface area contributed by atoms with E-state index in [2.05, 4.69) is 9.80 Å². The Kier molecular flexibility index (Phi) is 4.61. The third-order valence-electron chi connectivity index (χ3n) is 4.97. The molecule has 0 saturated carbocycles. The smallest absolute Gasteiger partial charge is 0.293 e. The van der Waals surface area contributed by atoms with Crippen molar-refractivity contribution in [3.05, 3.63) is 33.9 Å². The number of ketones is 1. The number of Topliss-reactive ketones (excluding diaryl/α,β-unsaturated/α-hetero) is 1. The maximum Gasteiger partial charge on any atom is 0.293 e. The van der Waals surface area contributed by atoms with Gasteiger partial charge in [-0.05, 0) is 57.8 Å². The molecule has 0 radical (unpaired) electrons. The van der Waals surface area contributed by atoms with Crippen LogP contribution in [0.2, 0.25) is 0 Å². The molecule has 2 saturated heterocycles. The number of piperidine rings is 1. The summed E-state index contributed by atoms with van der Waals surface area (Å²) in [4.78, 5) is 27.2. The highest BCUT2D eigenvalue weighted by molar-refractivity contribution is 5.95. The second kappa shape index (κ2) is 6.66. The molecule has 6 heteroatoms. The number of carbonyl (C=O) groups is 1. The normalized spacial score (nSPS) is 22.3. The van der Waals surface area contributed by atoms with Crippen LogP contribution in [0.1, 0.15) is 43.0 Å². The Morgan fingerprint density at radius 3 is 2.61 bits per heavy atom. The standard InChI is InChI=1S/C17H23N3O3/c1-13(21)14-6-7-16(17(11-14)20(22)23)19-10-4-5-15(12-19)18-8-2-3-9-18/h6-7,11,15H,2-5,8-10,12H2,1H3. The highest BCUT2D eigenvalue weighted by Gasteiger charge is 2.30. The van der Waals surface area contributed by atoms with Crippen LogP contribution in [0.5, 0.6) is 0 Å². The van der Waals surface area contributed by atoms with Crippen LogP contribution in [-0.2, 0) is 0 Å². The molecule has 2 aliphatic heterocycles. The van der Waals surface area contributed by atoms with Crippen LogP contribution >= 0.6 is 0 Å². The molecule has 2 aliphatic rings. The zero-order chi connectivity index (χ0) is 16.4. The third-order valence-corrected chi connectivity index (χ3v) is 4.97. The third kappa shape index (κ3) is 3.37. The lowest BCUT2D eigenvalue weighted by Crippen LogP contribution is -2.47. The van der Waals surface area contributed by atoms with E-state index in [0.29, 0.717) is 17.3 Å². The molecule has 0 aliphatic carbocycles. The minimum absolute atomic E-state index is 0.0415. The summed E-state index contributed by atoms with van der Waals surface area (Å²) in [6.45, 7) is 5.39. The van der Waals surface area contributed by atoms with Gasteiger partial charge in [0, 0.05) is 30.8 Å². The molecule has 1 aromatic carbocycles. The lowest BCUT2D eigenvalue weighted by molar-refractivity contribution is -0.384. The Morgan fingerprint density at radius 1 is 1.22 bits per heavy atom. The maximum atomic E-state index is 11.5. The SMILES string of the molecule is CC(=O)c1ccc(N2CCCC(N3CCCC3)C2)c([N+](=O)[O-])c1. The van der Waals surface area contributed by atoms with Crippen LogP contribution in [0.15, 0.2) is 18.2 Å². The van der Waals surface area contributed by atoms with Gasteiger partial charge in [0.1, 0.15) is 5.69 Å². The van der Waals surface area contributed by atoms with Crippen molar-refractivity contribution < 1.29 is 9.72 Å². The lowest BCUT2D eigenvalue weighted by atomic mass is 10.0. The van der Waals surface area contributed by atoms with Gasteiger partial charge in [-0.3, -0.25) is 19.8 Å². The molecule has 23 heavy (non-hydrogen) atoms. The van der Waals surface area contributed by atoms with Gasteiger partial charge in [0.2, 0.25) is 0 Å². The summed E-state index contributed by atoms with van der Waals surface area (Å²) in [5.74, 6) is -0.145. The number of carbonyl (C=O) groups excluding carboxylic acids is 1. The summed E-state index contributed by atoms with van der Waals surface area (Å²) < 4.78 is 0. The molecule has 2 fully saturated rings. The number of anilines is 1. The Labute approximate surface area is 136 Å². The van der Waals surface area contributed by atoms with Gasteiger partial charge in [-0.2, -0.15) is 0 Å². The summed E-state index contributed by atoms with van der Waals surface area (Å²) in [6, 6.07) is 5.33. The van der Waals surface area contributed by atoms with Gasteiger partial charge in [-0.15, -0.1) is 0 Å². The first-order valence-electron chi connectivity index (χ1n) is 8.34. The predicted octanol–water partition coefficient (Wildman–Crippen LogP) is 2.86. The summed E-state index contributed by atoms with van der Waals surface area (Å²) in [6.07, 6.45) is 4.72. The van der Waals surface area contributed by atoms with Crippen LogP contribution in [-0.4, -0.2) is 47.8 Å². The highest BCUT2D eigenvalue weighted by Crippen LogP contribution is 2.32. The molecule has 0 spiro atoms. The van der Waals surface area contributed by atoms with Gasteiger partial charge in [0.05, 0.1) is 4.92 Å². The average molecular weight is 317 g/mol. The number of nitro benzene ring substituents is 1. The molecule has 0 aromatic heterocycles. The van der Waals surface area contributed by atoms with Gasteiger partial charge in [-0.25, -0.2) is 0 Å². The van der Waals surface area contributed by atoms with Crippen molar-refractivity contribution in [2.24, 2.45) is 0 Å². The molecule has 0 bridgehead atoms. The number of likely N-dealkylation sites (tertiary alicyclic amines) is 1. The van der Waals surface area contributed by atoms with Gasteiger partial charge in [0.25, 0.3) is 5.69 Å². The average Bonchev–Trinajstić information content (AvgIpc) is 3.09. The number of nitro groups is 1. The van der Waals surface area contributed by atoms with Crippen molar-refractivity contribution in [2.75, 3.05) is 31.1 Å². The molecule has 6 nitrogen and oxygen atoms in total. The molecule has 1 aromatic rings. The highest BCUT2D eigenvalue weighted by atomic mass is 16.6. The predicted molar refractivity (Wildman–Crippen MR) is 89.1 cm³/mol. The van der Waals surface area contributed by atoms with E-state index in [4.69, 9.17) is 0 Å². The number of benzene rings is 1. The summed E-state index contributed by atoms with van der Waals surface area (Å²) in [5.41, 5.74) is 1.08. The molecule has 2 heterocycles. The van der Waals surface area contributed by atoms with E-state index < -0.39 is 0 Å². The first-order chi connectivity index (χ1) is 11.1. The number of nitrogens with zero attached hydrogens (tertiary/aromatic N) is 3. The van der Waals surface area contributed by atoms with Crippen LogP contribution < -0.4 is 4.90 Å². The quantitative estimate of drug-likeness (QED) is 0.485. The maximum absolute atomic E-state index is 11.5. The molecule has 0 N–H and O–H groups in total. The summed E-state index contributed by atoms with van der Waals surface area (Å²) in [5, 5.41) is 11.4. The molecule has 1 atom stereocenters. The summed E-state index contributed by atoms with van der Waals surface area (Å²) >= 11 is 0. The van der Waals surface area contributed by atoms with Gasteiger partial charge in [0.15, 0.2) is 5.78 Å². The molecular formula is C17H23N3O3. The van der Waals surface area contributed by atoms with Gasteiger partial charge in [-0.1, -0.05) is 0 Å². The minimum atomic E-state index is -0.374. The van der Waals surface area contributed by atoms with Crippen molar-refractivity contribution in [1.82, 2.24) is 4.90 Å². The van der Waals surface area contributed by atoms with Crippen LogP contribution in [0.4, 0.5) is 11.4 Å². The van der Waals surface area contributed by atoms with E-state index in [1.807, 2.05) is 0 Å². The van der Waals surface area contributed by atoms with Gasteiger partial charge >= 0.3 is 0 Å². The van der Waals surface area contributed by atoms with Crippen molar-refractivity contribution in [2.45, 2.75) is 38.6 Å². The van der Waals surface area contributed by atoms with E-state index in [-0.39, 0.29) is 16.4 Å². The number of rotatable bonds is 4. The lowest BCUT2D eigenvalue weighted by Gasteiger charge is -2.38. The Morgan fingerprint density at radius 2 is 1.96 bits per heavy atom. The fourth-order valence-electron chi connectivity index (χ4n) is 3.73. The zero-order valence-electron chi connectivity index (χ0n) is 13.5. The Hall–Kier alpha value is -1.95. The summed E-state index contributed by atoms with van der Waals surface area (Å²) in [7, 11) is 0. The monoisotopic (exact) mass is 317 g/mol. The van der Waals surface area contributed by atoms with Crippen LogP contribution in [0.25, 0.3) is 0 Å². The van der Waals surface area contributed by atoms with Crippen molar-refractivity contribution in [3.63, 3.8) is 0 Å². The Balaban J connectivity index is 1.84. The molecule has 124 valence electrons. The van der Waals surface area contributed by atoms with Crippen LogP contribution in [0, 0.1) is 10.1 Å². The Bertz CT molecular complexity index is 611. The van der Waals surface area contributed by atoms with Crippen molar-refractivity contribution in [1.29, 1.82) is 0 Å². The van der Waals surface area contributed by atoms with E-state index >= 15 is 0 Å². The zero-order valence-corrected chi connectivity index (χ0v) is 13.5. The van der Waals surface area contributed by atoms with Gasteiger partial charge < -0.3 is 4.90 Å². The van der Waals surface area contributed by atoms with E-state index in [0.717, 1.165) is 39.0 Å². The van der Waals surface area contributed by atoms with Crippen LogP contribution in [0.3, 0.4) is 0 Å². The second-order valence-corrected chi connectivity index (χ2v) is 6.50. The fraction of sp³-hybridized carbons (Fsp3) is 0.588. The first-order valence-corrected chi connectivity index (χ1v) is 8.34. The first kappa shape index (κ1) is 15.9. The second-order valence-electron chi connectivity index (χ2n) is 6.50. The van der Waals surface area contributed by atoms with E-state index in [1.165, 1.54) is 25.8 Å². The van der Waals surface area contributed by atoms with E-state index in [9.17, 15) is 14.9 Å². The minimum Gasteiger partial charge on any atom is -0.364 e. The number of hydrogen-bond donors (Lipinski definition) is 0. The van der Waals surface area contributed by atoms with Crippen molar-refractivity contribution in [3.8, 4) is 0 Å². The largest absolute Gasteiger partial charge is 0.364 e. The molecule has 0 amide bonds. The van der Waals surface area contributed by atoms with Crippen molar-refractivity contribution >= 4 is 17.2 Å². The molecule has 1 unspecified atom stereocenters.